The highest BCUT2D eigenvalue weighted by Gasteiger charge is 2.33. The Morgan fingerprint density at radius 1 is 1.27 bits per heavy atom. The number of rotatable bonds is 6. The minimum atomic E-state index is 0.456. The molecule has 1 heterocycles. The SMILES string of the molecule is COCCOCCC1OC1C. The van der Waals surface area contributed by atoms with Crippen molar-refractivity contribution in [1.29, 1.82) is 0 Å². The molecule has 0 radical (unpaired) electrons. The van der Waals surface area contributed by atoms with E-state index in [1.807, 2.05) is 0 Å². The summed E-state index contributed by atoms with van der Waals surface area (Å²) in [6.07, 6.45) is 1.93. The summed E-state index contributed by atoms with van der Waals surface area (Å²) in [5.41, 5.74) is 0. The van der Waals surface area contributed by atoms with Gasteiger partial charge in [0.2, 0.25) is 0 Å². The van der Waals surface area contributed by atoms with Crippen LogP contribution in [0, 0.1) is 0 Å². The van der Waals surface area contributed by atoms with Crippen molar-refractivity contribution >= 4 is 0 Å². The molecule has 3 heteroatoms. The molecule has 2 unspecified atom stereocenters. The molecule has 11 heavy (non-hydrogen) atoms. The Morgan fingerprint density at radius 2 is 2.00 bits per heavy atom. The number of epoxide rings is 1. The van der Waals surface area contributed by atoms with Gasteiger partial charge in [0.15, 0.2) is 0 Å². The average Bonchev–Trinajstić information content (AvgIpc) is 2.67. The normalized spacial score (nSPS) is 28.9. The molecule has 3 nitrogen and oxygen atoms in total. The van der Waals surface area contributed by atoms with E-state index in [-0.39, 0.29) is 0 Å². The molecule has 0 aromatic rings. The quantitative estimate of drug-likeness (QED) is 0.426. The van der Waals surface area contributed by atoms with Gasteiger partial charge in [0.1, 0.15) is 0 Å². The molecule has 1 aliphatic rings. The predicted molar refractivity (Wildman–Crippen MR) is 41.6 cm³/mol. The van der Waals surface area contributed by atoms with Crippen LogP contribution < -0.4 is 0 Å². The highest BCUT2D eigenvalue weighted by molar-refractivity contribution is 4.79. The van der Waals surface area contributed by atoms with Crippen molar-refractivity contribution in [2.24, 2.45) is 0 Å². The van der Waals surface area contributed by atoms with Crippen LogP contribution in [-0.4, -0.2) is 39.1 Å². The summed E-state index contributed by atoms with van der Waals surface area (Å²) in [4.78, 5) is 0. The lowest BCUT2D eigenvalue weighted by molar-refractivity contribution is 0.0668. The lowest BCUT2D eigenvalue weighted by Gasteiger charge is -2.00. The van der Waals surface area contributed by atoms with Crippen molar-refractivity contribution in [2.45, 2.75) is 25.6 Å². The largest absolute Gasteiger partial charge is 0.382 e. The molecule has 0 bridgehead atoms. The van der Waals surface area contributed by atoms with Gasteiger partial charge in [-0.25, -0.2) is 0 Å². The molecule has 1 fully saturated rings. The first kappa shape index (κ1) is 8.97. The van der Waals surface area contributed by atoms with Crippen molar-refractivity contribution in [3.63, 3.8) is 0 Å². The fourth-order valence-corrected chi connectivity index (χ4v) is 0.977. The Hall–Kier alpha value is -0.120. The zero-order chi connectivity index (χ0) is 8.10. The van der Waals surface area contributed by atoms with E-state index in [1.54, 1.807) is 7.11 Å². The van der Waals surface area contributed by atoms with Crippen LogP contribution in [0.3, 0.4) is 0 Å². The number of methoxy groups -OCH3 is 1. The lowest BCUT2D eigenvalue weighted by atomic mass is 10.3. The van der Waals surface area contributed by atoms with Crippen LogP contribution >= 0.6 is 0 Å². The van der Waals surface area contributed by atoms with E-state index < -0.39 is 0 Å². The highest BCUT2D eigenvalue weighted by Crippen LogP contribution is 2.23. The van der Waals surface area contributed by atoms with Crippen molar-refractivity contribution in [3.8, 4) is 0 Å². The third-order valence-corrected chi connectivity index (χ3v) is 1.81. The van der Waals surface area contributed by atoms with Crippen LogP contribution in [0.15, 0.2) is 0 Å². The van der Waals surface area contributed by atoms with E-state index in [0.29, 0.717) is 25.4 Å². The van der Waals surface area contributed by atoms with Crippen LogP contribution in [-0.2, 0) is 14.2 Å². The van der Waals surface area contributed by atoms with Crippen LogP contribution in [0.25, 0.3) is 0 Å². The molecule has 0 spiro atoms. The molecule has 0 saturated carbocycles. The number of hydrogen-bond acceptors (Lipinski definition) is 3. The molecule has 0 aliphatic carbocycles. The van der Waals surface area contributed by atoms with E-state index in [2.05, 4.69) is 6.92 Å². The molecule has 0 aromatic heterocycles. The zero-order valence-electron chi connectivity index (χ0n) is 7.21. The van der Waals surface area contributed by atoms with Gasteiger partial charge in [0.25, 0.3) is 0 Å². The maximum absolute atomic E-state index is 5.27. The van der Waals surface area contributed by atoms with Gasteiger partial charge < -0.3 is 14.2 Å². The Balaban J connectivity index is 1.74. The summed E-state index contributed by atoms with van der Waals surface area (Å²) in [5, 5.41) is 0. The molecular weight excluding hydrogens is 144 g/mol. The van der Waals surface area contributed by atoms with Crippen molar-refractivity contribution in [3.05, 3.63) is 0 Å². The predicted octanol–water partition coefficient (Wildman–Crippen LogP) is 0.827. The van der Waals surface area contributed by atoms with Gasteiger partial charge in [-0.15, -0.1) is 0 Å². The first-order valence-electron chi connectivity index (χ1n) is 4.06. The van der Waals surface area contributed by atoms with Gasteiger partial charge in [-0.2, -0.15) is 0 Å². The van der Waals surface area contributed by atoms with Crippen LogP contribution in [0.5, 0.6) is 0 Å². The van der Waals surface area contributed by atoms with Crippen LogP contribution in [0.4, 0.5) is 0 Å². The summed E-state index contributed by atoms with van der Waals surface area (Å²) in [5.74, 6) is 0. The molecular formula is C8H16O3. The summed E-state index contributed by atoms with van der Waals surface area (Å²) in [7, 11) is 1.68. The van der Waals surface area contributed by atoms with E-state index in [4.69, 9.17) is 14.2 Å². The smallest absolute Gasteiger partial charge is 0.0860 e. The first-order valence-corrected chi connectivity index (χ1v) is 4.06. The van der Waals surface area contributed by atoms with Crippen LogP contribution in [0.2, 0.25) is 0 Å². The second-order valence-electron chi connectivity index (χ2n) is 2.77. The van der Waals surface area contributed by atoms with E-state index in [1.165, 1.54) is 0 Å². The van der Waals surface area contributed by atoms with Crippen molar-refractivity contribution < 1.29 is 14.2 Å². The third-order valence-electron chi connectivity index (χ3n) is 1.81. The molecule has 1 rings (SSSR count). The second kappa shape index (κ2) is 4.70. The summed E-state index contributed by atoms with van der Waals surface area (Å²) in [6.45, 7) is 4.25. The van der Waals surface area contributed by atoms with Crippen molar-refractivity contribution in [1.82, 2.24) is 0 Å². The zero-order valence-corrected chi connectivity index (χ0v) is 7.21. The van der Waals surface area contributed by atoms with Gasteiger partial charge in [-0.3, -0.25) is 0 Å². The topological polar surface area (TPSA) is 31.0 Å². The van der Waals surface area contributed by atoms with Gasteiger partial charge in [-0.05, 0) is 13.3 Å². The van der Waals surface area contributed by atoms with Crippen molar-refractivity contribution in [2.75, 3.05) is 26.9 Å². The van der Waals surface area contributed by atoms with E-state index in [9.17, 15) is 0 Å². The second-order valence-corrected chi connectivity index (χ2v) is 2.77. The standard InChI is InChI=1S/C8H16O3/c1-7-8(11-7)3-4-10-6-5-9-2/h7-8H,3-6H2,1-2H3. The van der Waals surface area contributed by atoms with Gasteiger partial charge >= 0.3 is 0 Å². The molecule has 2 atom stereocenters. The van der Waals surface area contributed by atoms with Gasteiger partial charge in [-0.1, -0.05) is 0 Å². The molecule has 1 saturated heterocycles. The molecule has 0 N–H and O–H groups in total. The third kappa shape index (κ3) is 3.70. The molecule has 0 aromatic carbocycles. The van der Waals surface area contributed by atoms with Gasteiger partial charge in [0, 0.05) is 13.7 Å². The summed E-state index contributed by atoms with van der Waals surface area (Å²) >= 11 is 0. The fraction of sp³-hybridized carbons (Fsp3) is 1.00. The Labute approximate surface area is 67.6 Å². The summed E-state index contributed by atoms with van der Waals surface area (Å²) < 4.78 is 15.3. The number of ether oxygens (including phenoxy) is 3. The maximum atomic E-state index is 5.27. The monoisotopic (exact) mass is 160 g/mol. The number of hydrogen-bond donors (Lipinski definition) is 0. The summed E-state index contributed by atoms with van der Waals surface area (Å²) in [6, 6.07) is 0. The van der Waals surface area contributed by atoms with E-state index in [0.717, 1.165) is 13.0 Å². The maximum Gasteiger partial charge on any atom is 0.0860 e. The Bertz CT molecular complexity index is 106. The highest BCUT2D eigenvalue weighted by atomic mass is 16.6. The minimum absolute atomic E-state index is 0.456. The first-order chi connectivity index (χ1) is 5.34. The average molecular weight is 160 g/mol. The fourth-order valence-electron chi connectivity index (χ4n) is 0.977. The molecule has 66 valence electrons. The van der Waals surface area contributed by atoms with E-state index >= 15 is 0 Å². The van der Waals surface area contributed by atoms with Crippen LogP contribution in [0.1, 0.15) is 13.3 Å². The molecule has 1 aliphatic heterocycles. The minimum Gasteiger partial charge on any atom is -0.382 e. The van der Waals surface area contributed by atoms with Gasteiger partial charge in [0.05, 0.1) is 25.4 Å². The molecule has 0 amide bonds. The Morgan fingerprint density at radius 3 is 2.55 bits per heavy atom. The lowest BCUT2D eigenvalue weighted by Crippen LogP contribution is -2.05. The Kier molecular flexibility index (Phi) is 3.83.